The maximum absolute atomic E-state index is 3.77. The molecular weight excluding hydrogens is 120 g/mol. The highest BCUT2D eigenvalue weighted by atomic mass is 14.1. The Kier molecular flexibility index (Phi) is 2.49. The summed E-state index contributed by atoms with van der Waals surface area (Å²) in [5.41, 5.74) is 1.51. The van der Waals surface area contributed by atoms with Crippen LogP contribution in [0.5, 0.6) is 0 Å². The van der Waals surface area contributed by atoms with Gasteiger partial charge in [0.15, 0.2) is 0 Å². The van der Waals surface area contributed by atoms with Gasteiger partial charge < -0.3 is 0 Å². The summed E-state index contributed by atoms with van der Waals surface area (Å²) in [6.45, 7) is 5.96. The number of allylic oxidation sites excluding steroid dienone is 5. The molecule has 0 saturated heterocycles. The van der Waals surface area contributed by atoms with Gasteiger partial charge in [-0.05, 0) is 18.8 Å². The fourth-order valence-electron chi connectivity index (χ4n) is 1.15. The first kappa shape index (κ1) is 7.33. The predicted octanol–water partition coefficient (Wildman–Crippen LogP) is 3.08. The van der Waals surface area contributed by atoms with Crippen LogP contribution < -0.4 is 0 Å². The van der Waals surface area contributed by atoms with E-state index in [1.54, 1.807) is 0 Å². The van der Waals surface area contributed by atoms with Gasteiger partial charge in [0.2, 0.25) is 0 Å². The topological polar surface area (TPSA) is 0 Å². The van der Waals surface area contributed by atoms with Crippen LogP contribution in [0.2, 0.25) is 0 Å². The molecule has 10 heavy (non-hydrogen) atoms. The summed E-state index contributed by atoms with van der Waals surface area (Å²) in [6, 6.07) is 0. The molecule has 0 aromatic heterocycles. The van der Waals surface area contributed by atoms with Crippen LogP contribution in [-0.2, 0) is 0 Å². The molecule has 0 aromatic rings. The minimum atomic E-state index is 0.560. The van der Waals surface area contributed by atoms with Crippen molar-refractivity contribution in [3.8, 4) is 0 Å². The summed E-state index contributed by atoms with van der Waals surface area (Å²) in [5.74, 6) is 0.560. The van der Waals surface area contributed by atoms with Crippen LogP contribution in [0.3, 0.4) is 0 Å². The summed E-state index contributed by atoms with van der Waals surface area (Å²) in [6.07, 6.45) is 11.0. The normalized spacial score (nSPS) is 19.9. The lowest BCUT2D eigenvalue weighted by Crippen LogP contribution is -1.96. The van der Waals surface area contributed by atoms with Gasteiger partial charge >= 0.3 is 0 Å². The zero-order valence-corrected chi connectivity index (χ0v) is 6.51. The molecule has 0 spiro atoms. The SMILES string of the molecule is C=C[C@@H](C)C1=CC=CCC1. The van der Waals surface area contributed by atoms with Gasteiger partial charge in [-0.1, -0.05) is 36.8 Å². The van der Waals surface area contributed by atoms with Gasteiger partial charge in [-0.25, -0.2) is 0 Å². The van der Waals surface area contributed by atoms with Gasteiger partial charge in [0.25, 0.3) is 0 Å². The largest absolute Gasteiger partial charge is 0.102 e. The molecule has 0 aliphatic heterocycles. The van der Waals surface area contributed by atoms with Crippen LogP contribution in [0.25, 0.3) is 0 Å². The van der Waals surface area contributed by atoms with E-state index in [9.17, 15) is 0 Å². The standard InChI is InChI=1S/C10H14/c1-3-9(2)10-7-5-4-6-8-10/h3-5,7,9H,1,6,8H2,2H3/t9-/m1/s1. The van der Waals surface area contributed by atoms with Crippen LogP contribution in [0.4, 0.5) is 0 Å². The van der Waals surface area contributed by atoms with Crippen molar-refractivity contribution in [1.82, 2.24) is 0 Å². The van der Waals surface area contributed by atoms with E-state index in [2.05, 4.69) is 31.7 Å². The molecule has 1 aliphatic rings. The van der Waals surface area contributed by atoms with Crippen LogP contribution in [-0.4, -0.2) is 0 Å². The van der Waals surface area contributed by atoms with E-state index < -0.39 is 0 Å². The molecular formula is C10H14. The zero-order valence-electron chi connectivity index (χ0n) is 6.51. The molecule has 0 N–H and O–H groups in total. The smallest absolute Gasteiger partial charge is 0.00511 e. The van der Waals surface area contributed by atoms with Gasteiger partial charge in [0.1, 0.15) is 0 Å². The Hall–Kier alpha value is -0.780. The molecule has 0 bridgehead atoms. The zero-order chi connectivity index (χ0) is 7.40. The average Bonchev–Trinajstić information content (AvgIpc) is 2.05. The Morgan fingerprint density at radius 3 is 3.00 bits per heavy atom. The Morgan fingerprint density at radius 1 is 1.70 bits per heavy atom. The quantitative estimate of drug-likeness (QED) is 0.509. The minimum Gasteiger partial charge on any atom is -0.102 e. The molecule has 54 valence electrons. The Labute approximate surface area is 62.9 Å². The maximum Gasteiger partial charge on any atom is -0.00511 e. The van der Waals surface area contributed by atoms with Crippen molar-refractivity contribution in [3.05, 3.63) is 36.5 Å². The highest BCUT2D eigenvalue weighted by Crippen LogP contribution is 2.20. The molecule has 0 nitrogen and oxygen atoms in total. The van der Waals surface area contributed by atoms with Crippen molar-refractivity contribution < 1.29 is 0 Å². The van der Waals surface area contributed by atoms with Crippen molar-refractivity contribution in [2.75, 3.05) is 0 Å². The Balaban J connectivity index is 2.61. The fraction of sp³-hybridized carbons (Fsp3) is 0.400. The van der Waals surface area contributed by atoms with Crippen molar-refractivity contribution in [1.29, 1.82) is 0 Å². The number of hydrogen-bond acceptors (Lipinski definition) is 0. The molecule has 0 heterocycles. The molecule has 0 fully saturated rings. The van der Waals surface area contributed by atoms with Crippen molar-refractivity contribution in [2.24, 2.45) is 5.92 Å². The first-order valence-corrected chi connectivity index (χ1v) is 3.82. The summed E-state index contributed by atoms with van der Waals surface area (Å²) in [5, 5.41) is 0. The van der Waals surface area contributed by atoms with Crippen LogP contribution in [0.1, 0.15) is 19.8 Å². The second kappa shape index (κ2) is 3.40. The van der Waals surface area contributed by atoms with E-state index in [4.69, 9.17) is 0 Å². The molecule has 0 unspecified atom stereocenters. The lowest BCUT2D eigenvalue weighted by Gasteiger charge is -2.12. The molecule has 0 aromatic carbocycles. The molecule has 1 rings (SSSR count). The van der Waals surface area contributed by atoms with E-state index in [-0.39, 0.29) is 0 Å². The lowest BCUT2D eigenvalue weighted by molar-refractivity contribution is 0.776. The van der Waals surface area contributed by atoms with E-state index in [1.165, 1.54) is 18.4 Å². The van der Waals surface area contributed by atoms with Crippen LogP contribution in [0.15, 0.2) is 36.5 Å². The summed E-state index contributed by atoms with van der Waals surface area (Å²) in [7, 11) is 0. The van der Waals surface area contributed by atoms with Crippen molar-refractivity contribution in [2.45, 2.75) is 19.8 Å². The average molecular weight is 134 g/mol. The van der Waals surface area contributed by atoms with Crippen LogP contribution >= 0.6 is 0 Å². The molecule has 0 saturated carbocycles. The second-order valence-corrected chi connectivity index (χ2v) is 2.73. The van der Waals surface area contributed by atoms with E-state index in [1.807, 2.05) is 6.08 Å². The first-order valence-electron chi connectivity index (χ1n) is 3.82. The Bertz CT molecular complexity index is 172. The third-order valence-corrected chi connectivity index (χ3v) is 1.98. The molecule has 0 amide bonds. The van der Waals surface area contributed by atoms with E-state index >= 15 is 0 Å². The predicted molar refractivity (Wildman–Crippen MR) is 45.8 cm³/mol. The van der Waals surface area contributed by atoms with E-state index in [0.29, 0.717) is 5.92 Å². The monoisotopic (exact) mass is 134 g/mol. The minimum absolute atomic E-state index is 0.560. The molecule has 0 radical (unpaired) electrons. The third kappa shape index (κ3) is 1.60. The van der Waals surface area contributed by atoms with Crippen molar-refractivity contribution >= 4 is 0 Å². The van der Waals surface area contributed by atoms with E-state index in [0.717, 1.165) is 0 Å². The summed E-state index contributed by atoms with van der Waals surface area (Å²) < 4.78 is 0. The molecule has 0 heteroatoms. The number of hydrogen-bond donors (Lipinski definition) is 0. The van der Waals surface area contributed by atoms with Gasteiger partial charge in [-0.3, -0.25) is 0 Å². The number of rotatable bonds is 2. The highest BCUT2D eigenvalue weighted by molar-refractivity contribution is 5.21. The third-order valence-electron chi connectivity index (χ3n) is 1.98. The summed E-state index contributed by atoms with van der Waals surface area (Å²) >= 11 is 0. The van der Waals surface area contributed by atoms with Crippen LogP contribution in [0, 0.1) is 5.92 Å². The summed E-state index contributed by atoms with van der Waals surface area (Å²) in [4.78, 5) is 0. The molecule has 1 aliphatic carbocycles. The molecule has 1 atom stereocenters. The highest BCUT2D eigenvalue weighted by Gasteiger charge is 2.04. The maximum atomic E-state index is 3.77. The van der Waals surface area contributed by atoms with Crippen molar-refractivity contribution in [3.63, 3.8) is 0 Å². The van der Waals surface area contributed by atoms with Gasteiger partial charge in [0, 0.05) is 0 Å². The second-order valence-electron chi connectivity index (χ2n) is 2.73. The van der Waals surface area contributed by atoms with Gasteiger partial charge in [-0.2, -0.15) is 0 Å². The lowest BCUT2D eigenvalue weighted by atomic mass is 9.94. The Morgan fingerprint density at radius 2 is 2.50 bits per heavy atom. The first-order chi connectivity index (χ1) is 4.84. The fourth-order valence-corrected chi connectivity index (χ4v) is 1.15. The van der Waals surface area contributed by atoms with Gasteiger partial charge in [-0.15, -0.1) is 6.58 Å². The van der Waals surface area contributed by atoms with Gasteiger partial charge in [0.05, 0.1) is 0 Å².